The van der Waals surface area contributed by atoms with Crippen molar-refractivity contribution in [2.45, 2.75) is 31.9 Å². The zero-order valence-corrected chi connectivity index (χ0v) is 14.7. The van der Waals surface area contributed by atoms with Gasteiger partial charge in [0, 0.05) is 18.7 Å². The van der Waals surface area contributed by atoms with Crippen molar-refractivity contribution in [3.63, 3.8) is 0 Å². The number of halogens is 3. The number of likely N-dealkylation sites (tertiary alicyclic amines) is 1. The van der Waals surface area contributed by atoms with Crippen LogP contribution in [-0.2, 0) is 15.8 Å². The van der Waals surface area contributed by atoms with E-state index in [0.717, 1.165) is 31.4 Å². The van der Waals surface area contributed by atoms with Gasteiger partial charge in [0.25, 0.3) is 5.91 Å². The second-order valence-electron chi connectivity index (χ2n) is 5.83. The second-order valence-corrected chi connectivity index (χ2v) is 6.24. The maximum absolute atomic E-state index is 12.7. The van der Waals surface area contributed by atoms with Crippen molar-refractivity contribution in [2.75, 3.05) is 18.4 Å². The van der Waals surface area contributed by atoms with E-state index in [4.69, 9.17) is 12.2 Å². The summed E-state index contributed by atoms with van der Waals surface area (Å²) in [5.74, 6) is -0.532. The van der Waals surface area contributed by atoms with E-state index in [1.54, 1.807) is 0 Å². The van der Waals surface area contributed by atoms with E-state index >= 15 is 0 Å². The summed E-state index contributed by atoms with van der Waals surface area (Å²) in [5.41, 5.74) is 4.06. The average molecular weight is 388 g/mol. The molecular weight excluding hydrogens is 369 g/mol. The Bertz CT molecular complexity index is 682. The minimum absolute atomic E-state index is 0.0673. The van der Waals surface area contributed by atoms with Gasteiger partial charge >= 0.3 is 6.18 Å². The quantitative estimate of drug-likeness (QED) is 0.548. The molecule has 1 fully saturated rings. The maximum atomic E-state index is 12.7. The summed E-state index contributed by atoms with van der Waals surface area (Å²) in [4.78, 5) is 25.2. The van der Waals surface area contributed by atoms with Crippen LogP contribution in [0.1, 0.15) is 31.2 Å². The molecule has 0 unspecified atom stereocenters. The highest BCUT2D eigenvalue weighted by Gasteiger charge is 2.30. The highest BCUT2D eigenvalue weighted by Crippen LogP contribution is 2.30. The standard InChI is InChI=1S/C16H19F3N4O2S/c17-16(18,19)11-5-4-6-12(9-11)20-15(26)22-21-13(24)10-23-8-3-1-2-7-14(23)25/h4-6,9H,1-3,7-8,10H2,(H,21,24)(H2,20,22,26). The van der Waals surface area contributed by atoms with Gasteiger partial charge in [-0.1, -0.05) is 12.5 Å². The predicted molar refractivity (Wildman–Crippen MR) is 94.0 cm³/mol. The van der Waals surface area contributed by atoms with Gasteiger partial charge in [-0.3, -0.25) is 20.4 Å². The molecule has 1 aliphatic rings. The number of amides is 2. The molecule has 2 amide bonds. The zero-order valence-electron chi connectivity index (χ0n) is 13.9. The van der Waals surface area contributed by atoms with Crippen molar-refractivity contribution in [2.24, 2.45) is 0 Å². The Morgan fingerprint density at radius 3 is 2.69 bits per heavy atom. The van der Waals surface area contributed by atoms with Gasteiger partial charge < -0.3 is 10.2 Å². The molecule has 0 aromatic heterocycles. The van der Waals surface area contributed by atoms with E-state index in [0.29, 0.717) is 13.0 Å². The van der Waals surface area contributed by atoms with Crippen LogP contribution in [0, 0.1) is 0 Å². The van der Waals surface area contributed by atoms with Crippen LogP contribution in [0.2, 0.25) is 0 Å². The molecule has 26 heavy (non-hydrogen) atoms. The van der Waals surface area contributed by atoms with Gasteiger partial charge in [-0.15, -0.1) is 0 Å². The molecule has 10 heteroatoms. The molecule has 3 N–H and O–H groups in total. The fraction of sp³-hybridized carbons (Fsp3) is 0.438. The lowest BCUT2D eigenvalue weighted by Gasteiger charge is -2.20. The molecule has 1 aromatic rings. The summed E-state index contributed by atoms with van der Waals surface area (Å²) in [6.45, 7) is 0.428. The van der Waals surface area contributed by atoms with Crippen molar-refractivity contribution < 1.29 is 22.8 Å². The molecule has 6 nitrogen and oxygen atoms in total. The number of benzene rings is 1. The van der Waals surface area contributed by atoms with Crippen molar-refractivity contribution >= 4 is 34.8 Å². The number of hydrogen-bond donors (Lipinski definition) is 3. The average Bonchev–Trinajstić information content (AvgIpc) is 2.77. The third-order valence-corrected chi connectivity index (χ3v) is 3.97. The fourth-order valence-electron chi connectivity index (χ4n) is 2.48. The summed E-state index contributed by atoms with van der Waals surface area (Å²) in [6, 6.07) is 4.52. The number of alkyl halides is 3. The lowest BCUT2D eigenvalue weighted by Crippen LogP contribution is -2.48. The Kier molecular flexibility index (Phi) is 6.78. The first-order valence-corrected chi connectivity index (χ1v) is 8.47. The van der Waals surface area contributed by atoms with Crippen LogP contribution >= 0.6 is 12.2 Å². The topological polar surface area (TPSA) is 73.5 Å². The molecular formula is C16H19F3N4O2S. The van der Waals surface area contributed by atoms with Gasteiger partial charge in [-0.05, 0) is 43.3 Å². The Morgan fingerprint density at radius 2 is 1.96 bits per heavy atom. The number of anilines is 1. The summed E-state index contributed by atoms with van der Waals surface area (Å²) >= 11 is 4.94. The number of carbonyl (C=O) groups is 2. The molecule has 1 saturated heterocycles. The molecule has 0 bridgehead atoms. The smallest absolute Gasteiger partial charge is 0.333 e. The van der Waals surface area contributed by atoms with Crippen LogP contribution in [0.4, 0.5) is 18.9 Å². The summed E-state index contributed by atoms with van der Waals surface area (Å²) in [5, 5.41) is 2.49. The van der Waals surface area contributed by atoms with E-state index in [2.05, 4.69) is 16.2 Å². The van der Waals surface area contributed by atoms with Gasteiger partial charge in [0.2, 0.25) is 5.91 Å². The van der Waals surface area contributed by atoms with Crippen LogP contribution < -0.4 is 16.2 Å². The maximum Gasteiger partial charge on any atom is 0.416 e. The van der Waals surface area contributed by atoms with E-state index in [1.165, 1.54) is 17.0 Å². The first kappa shape index (κ1) is 20.0. The fourth-order valence-corrected chi connectivity index (χ4v) is 2.65. The largest absolute Gasteiger partial charge is 0.416 e. The van der Waals surface area contributed by atoms with Crippen LogP contribution in [0.25, 0.3) is 0 Å². The first-order chi connectivity index (χ1) is 12.3. The Hall–Kier alpha value is -2.36. The van der Waals surface area contributed by atoms with Crippen LogP contribution in [-0.4, -0.2) is 34.9 Å². The molecule has 1 heterocycles. The van der Waals surface area contributed by atoms with Crippen LogP contribution in [0.5, 0.6) is 0 Å². The van der Waals surface area contributed by atoms with Crippen molar-refractivity contribution in [3.05, 3.63) is 29.8 Å². The number of hydrazine groups is 1. The van der Waals surface area contributed by atoms with E-state index in [1.807, 2.05) is 0 Å². The SMILES string of the molecule is O=C(CN1CCCCCC1=O)NNC(=S)Nc1cccc(C(F)(F)F)c1. The van der Waals surface area contributed by atoms with Gasteiger partial charge in [0.1, 0.15) is 6.54 Å². The first-order valence-electron chi connectivity index (χ1n) is 8.06. The lowest BCUT2D eigenvalue weighted by molar-refractivity contribution is -0.137. The van der Waals surface area contributed by atoms with E-state index < -0.39 is 17.6 Å². The molecule has 0 saturated carbocycles. The third-order valence-electron chi connectivity index (χ3n) is 3.77. The monoisotopic (exact) mass is 388 g/mol. The minimum Gasteiger partial charge on any atom is -0.333 e. The molecule has 0 atom stereocenters. The predicted octanol–water partition coefficient (Wildman–Crippen LogP) is 2.43. The Balaban J connectivity index is 1.81. The highest BCUT2D eigenvalue weighted by atomic mass is 32.1. The minimum atomic E-state index is -4.46. The van der Waals surface area contributed by atoms with Gasteiger partial charge in [0.15, 0.2) is 5.11 Å². The molecule has 1 aromatic carbocycles. The number of rotatable bonds is 3. The van der Waals surface area contributed by atoms with Crippen LogP contribution in [0.15, 0.2) is 24.3 Å². The highest BCUT2D eigenvalue weighted by molar-refractivity contribution is 7.80. The van der Waals surface area contributed by atoms with Crippen molar-refractivity contribution in [1.82, 2.24) is 15.8 Å². The summed E-state index contributed by atoms with van der Waals surface area (Å²) < 4.78 is 38.0. The Morgan fingerprint density at radius 1 is 1.19 bits per heavy atom. The number of nitrogens with zero attached hydrogens (tertiary/aromatic N) is 1. The van der Waals surface area contributed by atoms with E-state index in [-0.39, 0.29) is 23.3 Å². The Labute approximate surface area is 154 Å². The number of hydrogen-bond acceptors (Lipinski definition) is 3. The second kappa shape index (κ2) is 8.84. The molecule has 0 spiro atoms. The van der Waals surface area contributed by atoms with E-state index in [9.17, 15) is 22.8 Å². The van der Waals surface area contributed by atoms with Crippen molar-refractivity contribution in [1.29, 1.82) is 0 Å². The zero-order chi connectivity index (χ0) is 19.2. The molecule has 1 aliphatic heterocycles. The third kappa shape index (κ3) is 6.17. The summed E-state index contributed by atoms with van der Waals surface area (Å²) in [6.07, 6.45) is -1.41. The molecule has 142 valence electrons. The van der Waals surface area contributed by atoms with Crippen LogP contribution in [0.3, 0.4) is 0 Å². The van der Waals surface area contributed by atoms with Gasteiger partial charge in [0.05, 0.1) is 5.56 Å². The summed E-state index contributed by atoms with van der Waals surface area (Å²) in [7, 11) is 0. The lowest BCUT2D eigenvalue weighted by atomic mass is 10.2. The number of nitrogens with one attached hydrogen (secondary N) is 3. The normalized spacial score (nSPS) is 15.2. The molecule has 2 rings (SSSR count). The number of carbonyl (C=O) groups excluding carboxylic acids is 2. The van der Waals surface area contributed by atoms with Gasteiger partial charge in [-0.2, -0.15) is 13.2 Å². The van der Waals surface area contributed by atoms with Crippen molar-refractivity contribution in [3.8, 4) is 0 Å². The number of thiocarbonyl (C=S) groups is 1. The molecule has 0 aliphatic carbocycles. The molecule has 0 radical (unpaired) electrons. The van der Waals surface area contributed by atoms with Gasteiger partial charge in [-0.25, -0.2) is 0 Å².